The zero-order chi connectivity index (χ0) is 17.9. The van der Waals surface area contributed by atoms with Crippen molar-refractivity contribution in [1.29, 1.82) is 0 Å². The van der Waals surface area contributed by atoms with E-state index in [0.29, 0.717) is 12.1 Å². The fourth-order valence-electron chi connectivity index (χ4n) is 2.52. The van der Waals surface area contributed by atoms with E-state index in [0.717, 1.165) is 45.1 Å². The van der Waals surface area contributed by atoms with Crippen molar-refractivity contribution in [3.8, 4) is 0 Å². The van der Waals surface area contributed by atoms with Crippen LogP contribution in [0.2, 0.25) is 0 Å². The van der Waals surface area contributed by atoms with Gasteiger partial charge in [0.2, 0.25) is 0 Å². The summed E-state index contributed by atoms with van der Waals surface area (Å²) in [4.78, 5) is 7.20. The van der Waals surface area contributed by atoms with Crippen molar-refractivity contribution in [3.05, 3.63) is 0 Å². The van der Waals surface area contributed by atoms with Crippen molar-refractivity contribution >= 4 is 5.96 Å². The number of nitrogens with one attached hydrogen (secondary N) is 3. The molecule has 138 valence electrons. The van der Waals surface area contributed by atoms with Gasteiger partial charge in [0.05, 0.1) is 0 Å². The lowest BCUT2D eigenvalue weighted by atomic mass is 10.1. The predicted octanol–water partition coefficient (Wildman–Crippen LogP) is 2.44. The number of guanidine groups is 1. The van der Waals surface area contributed by atoms with Gasteiger partial charge < -0.3 is 16.0 Å². The van der Waals surface area contributed by atoms with E-state index in [2.05, 4.69) is 81.2 Å². The minimum Gasteiger partial charge on any atom is -0.357 e. The van der Waals surface area contributed by atoms with Crippen LogP contribution in [0.25, 0.3) is 0 Å². The van der Waals surface area contributed by atoms with Gasteiger partial charge in [-0.05, 0) is 61.8 Å². The molecule has 0 aromatic heterocycles. The van der Waals surface area contributed by atoms with Crippen LogP contribution in [0.4, 0.5) is 0 Å². The summed E-state index contributed by atoms with van der Waals surface area (Å²) in [6, 6.07) is 1.18. The van der Waals surface area contributed by atoms with Crippen LogP contribution in [0.5, 0.6) is 0 Å². The highest BCUT2D eigenvalue weighted by Crippen LogP contribution is 2.05. The molecular formula is C18H41N5. The Bertz CT molecular complexity index is 310. The Kier molecular flexibility index (Phi) is 11.3. The number of rotatable bonds is 10. The maximum absolute atomic E-state index is 4.68. The molecule has 0 bridgehead atoms. The minimum absolute atomic E-state index is 0.161. The van der Waals surface area contributed by atoms with Crippen LogP contribution in [0, 0.1) is 0 Å². The molecule has 0 spiro atoms. The first-order valence-corrected chi connectivity index (χ1v) is 9.20. The second-order valence-electron chi connectivity index (χ2n) is 7.64. The zero-order valence-electron chi connectivity index (χ0n) is 16.8. The topological polar surface area (TPSA) is 51.7 Å². The molecule has 0 amide bonds. The van der Waals surface area contributed by atoms with Crippen LogP contribution in [0.3, 0.4) is 0 Å². The quantitative estimate of drug-likeness (QED) is 0.328. The van der Waals surface area contributed by atoms with Crippen LogP contribution < -0.4 is 16.0 Å². The van der Waals surface area contributed by atoms with Crippen LogP contribution in [0.15, 0.2) is 4.99 Å². The molecular weight excluding hydrogens is 286 g/mol. The molecule has 0 aliphatic rings. The standard InChI is InChI=1S/C18H41N5/c1-9-19-17(21-12-13-22-18(6,7)8)20-11-10-14-23(15(2)3)16(4)5/h15-16,22H,9-14H2,1-8H3,(H2,19,20,21). The summed E-state index contributed by atoms with van der Waals surface area (Å²) in [5.74, 6) is 0.920. The lowest BCUT2D eigenvalue weighted by Gasteiger charge is -2.30. The monoisotopic (exact) mass is 327 g/mol. The van der Waals surface area contributed by atoms with Gasteiger partial charge in [0.15, 0.2) is 5.96 Å². The second kappa shape index (κ2) is 11.7. The van der Waals surface area contributed by atoms with E-state index in [1.54, 1.807) is 0 Å². The maximum Gasteiger partial charge on any atom is 0.191 e. The Morgan fingerprint density at radius 3 is 2.09 bits per heavy atom. The Hall–Kier alpha value is -0.810. The summed E-state index contributed by atoms with van der Waals surface area (Å²) in [7, 11) is 0. The summed E-state index contributed by atoms with van der Waals surface area (Å²) in [5, 5.41) is 10.2. The molecule has 0 aromatic rings. The smallest absolute Gasteiger partial charge is 0.191 e. The molecule has 0 aromatic carbocycles. The van der Waals surface area contributed by atoms with E-state index in [1.165, 1.54) is 0 Å². The molecule has 0 fully saturated rings. The predicted molar refractivity (Wildman–Crippen MR) is 103 cm³/mol. The third kappa shape index (κ3) is 12.3. The van der Waals surface area contributed by atoms with Gasteiger partial charge in [-0.1, -0.05) is 0 Å². The average molecular weight is 328 g/mol. The summed E-state index contributed by atoms with van der Waals surface area (Å²) in [6.45, 7) is 22.4. The van der Waals surface area contributed by atoms with Gasteiger partial charge in [-0.2, -0.15) is 0 Å². The number of hydrogen-bond acceptors (Lipinski definition) is 3. The molecule has 0 saturated heterocycles. The molecule has 3 N–H and O–H groups in total. The fraction of sp³-hybridized carbons (Fsp3) is 0.944. The summed E-state index contributed by atoms with van der Waals surface area (Å²) >= 11 is 0. The summed E-state index contributed by atoms with van der Waals surface area (Å²) < 4.78 is 0. The van der Waals surface area contributed by atoms with Gasteiger partial charge in [0, 0.05) is 50.3 Å². The third-order valence-corrected chi connectivity index (χ3v) is 3.59. The van der Waals surface area contributed by atoms with Crippen molar-refractivity contribution in [2.75, 3.05) is 32.7 Å². The first kappa shape index (κ1) is 22.2. The van der Waals surface area contributed by atoms with Crippen LogP contribution >= 0.6 is 0 Å². The fourth-order valence-corrected chi connectivity index (χ4v) is 2.52. The maximum atomic E-state index is 4.68. The normalized spacial score (nSPS) is 13.3. The summed E-state index contributed by atoms with van der Waals surface area (Å²) in [5.41, 5.74) is 0.161. The van der Waals surface area contributed by atoms with Gasteiger partial charge >= 0.3 is 0 Å². The van der Waals surface area contributed by atoms with Gasteiger partial charge in [-0.3, -0.25) is 9.89 Å². The highest BCUT2D eigenvalue weighted by Gasteiger charge is 2.12. The van der Waals surface area contributed by atoms with Crippen LogP contribution in [-0.4, -0.2) is 61.2 Å². The zero-order valence-corrected chi connectivity index (χ0v) is 16.8. The number of hydrogen-bond donors (Lipinski definition) is 3. The van der Waals surface area contributed by atoms with Gasteiger partial charge in [0.25, 0.3) is 0 Å². The second-order valence-corrected chi connectivity index (χ2v) is 7.64. The SMILES string of the molecule is CCNC(=NCCCN(C(C)C)C(C)C)NCCNC(C)(C)C. The van der Waals surface area contributed by atoms with E-state index in [1.807, 2.05) is 0 Å². The Balaban J connectivity index is 4.15. The van der Waals surface area contributed by atoms with Crippen molar-refractivity contribution in [1.82, 2.24) is 20.9 Å². The Morgan fingerprint density at radius 2 is 1.61 bits per heavy atom. The first-order chi connectivity index (χ1) is 10.7. The van der Waals surface area contributed by atoms with E-state index in [9.17, 15) is 0 Å². The molecule has 0 rings (SSSR count). The van der Waals surface area contributed by atoms with E-state index in [-0.39, 0.29) is 5.54 Å². The molecule has 0 atom stereocenters. The van der Waals surface area contributed by atoms with E-state index >= 15 is 0 Å². The highest BCUT2D eigenvalue weighted by atomic mass is 15.2. The largest absolute Gasteiger partial charge is 0.357 e. The third-order valence-electron chi connectivity index (χ3n) is 3.59. The van der Waals surface area contributed by atoms with Gasteiger partial charge in [-0.25, -0.2) is 0 Å². The average Bonchev–Trinajstić information content (AvgIpc) is 2.41. The van der Waals surface area contributed by atoms with Gasteiger partial charge in [0.1, 0.15) is 0 Å². The molecule has 5 nitrogen and oxygen atoms in total. The molecule has 0 aliphatic heterocycles. The molecule has 23 heavy (non-hydrogen) atoms. The molecule has 0 saturated carbocycles. The Labute approximate surface area is 144 Å². The molecule has 0 unspecified atom stereocenters. The molecule has 0 aliphatic carbocycles. The lowest BCUT2D eigenvalue weighted by molar-refractivity contribution is 0.174. The van der Waals surface area contributed by atoms with Crippen molar-refractivity contribution < 1.29 is 0 Å². The number of aliphatic imine (C=N–C) groups is 1. The van der Waals surface area contributed by atoms with Crippen molar-refractivity contribution in [2.45, 2.75) is 79.4 Å². The Morgan fingerprint density at radius 1 is 1.00 bits per heavy atom. The van der Waals surface area contributed by atoms with E-state index in [4.69, 9.17) is 0 Å². The van der Waals surface area contributed by atoms with Crippen LogP contribution in [-0.2, 0) is 0 Å². The highest BCUT2D eigenvalue weighted by molar-refractivity contribution is 5.79. The molecule has 0 heterocycles. The van der Waals surface area contributed by atoms with Crippen molar-refractivity contribution in [2.24, 2.45) is 4.99 Å². The first-order valence-electron chi connectivity index (χ1n) is 9.20. The summed E-state index contributed by atoms with van der Waals surface area (Å²) in [6.07, 6.45) is 1.09. The number of nitrogens with zero attached hydrogens (tertiary/aromatic N) is 2. The van der Waals surface area contributed by atoms with Crippen molar-refractivity contribution in [3.63, 3.8) is 0 Å². The molecule has 0 radical (unpaired) electrons. The van der Waals surface area contributed by atoms with Crippen LogP contribution in [0.1, 0.15) is 61.8 Å². The van der Waals surface area contributed by atoms with Gasteiger partial charge in [-0.15, -0.1) is 0 Å². The minimum atomic E-state index is 0.161. The molecule has 5 heteroatoms. The van der Waals surface area contributed by atoms with E-state index < -0.39 is 0 Å². The lowest BCUT2D eigenvalue weighted by Crippen LogP contribution is -2.44.